The Kier molecular flexibility index (Phi) is 3.28. The van der Waals surface area contributed by atoms with Crippen molar-refractivity contribution >= 4 is 21.9 Å². The summed E-state index contributed by atoms with van der Waals surface area (Å²) < 4.78 is 9.37. The molecule has 0 radical (unpaired) electrons. The first-order valence-electron chi connectivity index (χ1n) is 3.46. The summed E-state index contributed by atoms with van der Waals surface area (Å²) in [6.45, 7) is 2.08. The van der Waals surface area contributed by atoms with Gasteiger partial charge in [0.15, 0.2) is 5.69 Å². The van der Waals surface area contributed by atoms with Gasteiger partial charge in [-0.25, -0.2) is 4.79 Å². The van der Waals surface area contributed by atoms with Gasteiger partial charge in [-0.05, 0) is 6.92 Å². The highest BCUT2D eigenvalue weighted by molar-refractivity contribution is 9.08. The Morgan fingerprint density at radius 3 is 3.17 bits per heavy atom. The molecule has 0 saturated heterocycles. The van der Waals surface area contributed by atoms with Crippen molar-refractivity contribution in [2.24, 2.45) is 0 Å². The number of halogens is 1. The van der Waals surface area contributed by atoms with Crippen molar-refractivity contribution in [3.05, 3.63) is 17.5 Å². The lowest BCUT2D eigenvalue weighted by molar-refractivity contribution is 0.0514. The van der Waals surface area contributed by atoms with E-state index in [2.05, 4.69) is 25.6 Å². The predicted octanol–water partition coefficient (Wildman–Crippen LogP) is 1.75. The van der Waals surface area contributed by atoms with E-state index in [1.807, 2.05) is 0 Å². The van der Waals surface area contributed by atoms with Crippen LogP contribution in [0.4, 0.5) is 0 Å². The van der Waals surface area contributed by atoms with Gasteiger partial charge in [0.2, 0.25) is 0 Å². The molecule has 0 bridgehead atoms. The van der Waals surface area contributed by atoms with Gasteiger partial charge in [-0.3, -0.25) is 0 Å². The molecule has 0 aromatic carbocycles. The molecule has 0 N–H and O–H groups in total. The van der Waals surface area contributed by atoms with Crippen molar-refractivity contribution in [1.29, 1.82) is 0 Å². The minimum atomic E-state index is -0.444. The molecular weight excluding hydrogens is 226 g/mol. The van der Waals surface area contributed by atoms with E-state index >= 15 is 0 Å². The van der Waals surface area contributed by atoms with Gasteiger partial charge in [0, 0.05) is 10.9 Å². The molecule has 1 heterocycles. The predicted molar refractivity (Wildman–Crippen MR) is 45.1 cm³/mol. The van der Waals surface area contributed by atoms with E-state index < -0.39 is 5.97 Å². The smallest absolute Gasteiger partial charge is 0.360 e. The van der Waals surface area contributed by atoms with Crippen LogP contribution in [0.2, 0.25) is 0 Å². The van der Waals surface area contributed by atoms with Gasteiger partial charge in [-0.15, -0.1) is 0 Å². The van der Waals surface area contributed by atoms with Gasteiger partial charge in [-0.2, -0.15) is 0 Å². The molecule has 0 saturated carbocycles. The summed E-state index contributed by atoms with van der Waals surface area (Å²) in [6.07, 6.45) is 1.42. The summed E-state index contributed by atoms with van der Waals surface area (Å²) in [4.78, 5) is 11.1. The third-order valence-corrected chi connectivity index (χ3v) is 1.86. The summed E-state index contributed by atoms with van der Waals surface area (Å²) in [5.41, 5.74) is 0.946. The molecule has 0 aliphatic rings. The second-order valence-electron chi connectivity index (χ2n) is 2.04. The standard InChI is InChI=1S/C7H8BrNO3/c1-2-11-7(10)6-5(3-8)4-12-9-6/h4H,2-3H2,1H3. The highest BCUT2D eigenvalue weighted by Crippen LogP contribution is 2.11. The highest BCUT2D eigenvalue weighted by Gasteiger charge is 2.15. The second kappa shape index (κ2) is 4.25. The molecule has 5 heteroatoms. The number of hydrogen-bond donors (Lipinski definition) is 0. The molecule has 0 fully saturated rings. The number of ether oxygens (including phenoxy) is 1. The van der Waals surface area contributed by atoms with E-state index in [0.29, 0.717) is 17.5 Å². The molecule has 1 rings (SSSR count). The van der Waals surface area contributed by atoms with Gasteiger partial charge in [0.1, 0.15) is 6.26 Å². The SMILES string of the molecule is CCOC(=O)c1nocc1CBr. The minimum absolute atomic E-state index is 0.244. The third-order valence-electron chi connectivity index (χ3n) is 1.26. The summed E-state index contributed by atoms with van der Waals surface area (Å²) in [5.74, 6) is -0.444. The summed E-state index contributed by atoms with van der Waals surface area (Å²) in [7, 11) is 0. The van der Waals surface area contributed by atoms with Gasteiger partial charge in [0.25, 0.3) is 0 Å². The van der Waals surface area contributed by atoms with Crippen LogP contribution in [-0.2, 0) is 10.1 Å². The quantitative estimate of drug-likeness (QED) is 0.590. The van der Waals surface area contributed by atoms with Crippen molar-refractivity contribution in [1.82, 2.24) is 5.16 Å². The Bertz CT molecular complexity index is 271. The number of esters is 1. The van der Waals surface area contributed by atoms with E-state index in [1.54, 1.807) is 6.92 Å². The molecular formula is C7H8BrNO3. The highest BCUT2D eigenvalue weighted by atomic mass is 79.9. The number of nitrogens with zero attached hydrogens (tertiary/aromatic N) is 1. The first kappa shape index (κ1) is 9.25. The van der Waals surface area contributed by atoms with Crippen LogP contribution in [0.25, 0.3) is 0 Å². The van der Waals surface area contributed by atoms with Crippen LogP contribution in [0.5, 0.6) is 0 Å². The van der Waals surface area contributed by atoms with E-state index in [-0.39, 0.29) is 5.69 Å². The van der Waals surface area contributed by atoms with Crippen molar-refractivity contribution in [3.63, 3.8) is 0 Å². The number of carbonyl (C=O) groups is 1. The number of rotatable bonds is 3. The third kappa shape index (κ3) is 1.85. The van der Waals surface area contributed by atoms with Crippen LogP contribution in [0.3, 0.4) is 0 Å². The molecule has 0 unspecified atom stereocenters. The van der Waals surface area contributed by atoms with Gasteiger partial charge in [0.05, 0.1) is 6.61 Å². The second-order valence-corrected chi connectivity index (χ2v) is 2.60. The molecule has 0 atom stereocenters. The average molecular weight is 234 g/mol. The largest absolute Gasteiger partial charge is 0.461 e. The van der Waals surface area contributed by atoms with Crippen LogP contribution in [0, 0.1) is 0 Å². The van der Waals surface area contributed by atoms with Crippen LogP contribution >= 0.6 is 15.9 Å². The lowest BCUT2D eigenvalue weighted by atomic mass is 10.3. The first-order chi connectivity index (χ1) is 5.79. The van der Waals surface area contributed by atoms with E-state index in [4.69, 9.17) is 4.74 Å². The summed E-state index contributed by atoms with van der Waals surface area (Å²) in [6, 6.07) is 0. The summed E-state index contributed by atoms with van der Waals surface area (Å²) >= 11 is 3.20. The summed E-state index contributed by atoms with van der Waals surface area (Å²) in [5, 5.41) is 4.06. The van der Waals surface area contributed by atoms with Crippen molar-refractivity contribution in [3.8, 4) is 0 Å². The molecule has 0 aliphatic carbocycles. The lowest BCUT2D eigenvalue weighted by Gasteiger charge is -1.97. The fourth-order valence-corrected chi connectivity index (χ4v) is 1.12. The van der Waals surface area contributed by atoms with Crippen LogP contribution in [0.1, 0.15) is 23.0 Å². The fraction of sp³-hybridized carbons (Fsp3) is 0.429. The first-order valence-corrected chi connectivity index (χ1v) is 4.58. The van der Waals surface area contributed by atoms with Gasteiger partial charge in [-0.1, -0.05) is 21.1 Å². The molecule has 12 heavy (non-hydrogen) atoms. The molecule has 1 aromatic rings. The van der Waals surface area contributed by atoms with Crippen LogP contribution in [-0.4, -0.2) is 17.7 Å². The molecule has 0 spiro atoms. The Balaban J connectivity index is 2.79. The Hall–Kier alpha value is -0.840. The molecule has 0 aliphatic heterocycles. The zero-order valence-electron chi connectivity index (χ0n) is 6.54. The maximum absolute atomic E-state index is 11.1. The zero-order chi connectivity index (χ0) is 8.97. The van der Waals surface area contributed by atoms with Gasteiger partial charge < -0.3 is 9.26 Å². The maximum atomic E-state index is 11.1. The van der Waals surface area contributed by atoms with E-state index in [0.717, 1.165) is 0 Å². The molecule has 0 amide bonds. The number of aromatic nitrogens is 1. The topological polar surface area (TPSA) is 52.3 Å². The van der Waals surface area contributed by atoms with Crippen LogP contribution < -0.4 is 0 Å². The van der Waals surface area contributed by atoms with Crippen molar-refractivity contribution in [2.75, 3.05) is 6.61 Å². The van der Waals surface area contributed by atoms with Crippen molar-refractivity contribution in [2.45, 2.75) is 12.3 Å². The molecule has 66 valence electrons. The molecule has 4 nitrogen and oxygen atoms in total. The van der Waals surface area contributed by atoms with Crippen LogP contribution in [0.15, 0.2) is 10.8 Å². The van der Waals surface area contributed by atoms with Crippen molar-refractivity contribution < 1.29 is 14.1 Å². The number of carbonyl (C=O) groups excluding carboxylic acids is 1. The number of alkyl halides is 1. The normalized spacial score (nSPS) is 9.83. The Morgan fingerprint density at radius 1 is 1.83 bits per heavy atom. The monoisotopic (exact) mass is 233 g/mol. The Morgan fingerprint density at radius 2 is 2.58 bits per heavy atom. The fourth-order valence-electron chi connectivity index (χ4n) is 0.720. The minimum Gasteiger partial charge on any atom is -0.461 e. The maximum Gasteiger partial charge on any atom is 0.360 e. The van der Waals surface area contributed by atoms with Gasteiger partial charge >= 0.3 is 5.97 Å². The lowest BCUT2D eigenvalue weighted by Crippen LogP contribution is -2.06. The molecule has 1 aromatic heterocycles. The number of hydrogen-bond acceptors (Lipinski definition) is 4. The zero-order valence-corrected chi connectivity index (χ0v) is 8.13. The van der Waals surface area contributed by atoms with E-state index in [9.17, 15) is 4.79 Å². The Labute approximate surface area is 78.0 Å². The van der Waals surface area contributed by atoms with E-state index in [1.165, 1.54) is 6.26 Å². The average Bonchev–Trinajstić information content (AvgIpc) is 2.51.